The molecule has 0 saturated heterocycles. The molecule has 0 unspecified atom stereocenters. The van der Waals surface area contributed by atoms with Crippen LogP contribution in [0, 0.1) is 6.92 Å². The Bertz CT molecular complexity index is 310. The zero-order valence-electron chi connectivity index (χ0n) is 6.66. The third kappa shape index (κ3) is 1.54. The third-order valence-corrected chi connectivity index (χ3v) is 1.64. The van der Waals surface area contributed by atoms with Crippen LogP contribution in [0.25, 0.3) is 0 Å². The first-order valence-electron chi connectivity index (χ1n) is 3.45. The Morgan fingerprint density at radius 1 is 1.58 bits per heavy atom. The van der Waals surface area contributed by atoms with Crippen LogP contribution in [-0.4, -0.2) is 11.1 Å². The summed E-state index contributed by atoms with van der Waals surface area (Å²) >= 11 is 0. The molecular weight excluding hydrogens is 156 g/mol. The molecule has 64 valence electrons. The largest absolute Gasteiger partial charge is 0.478 e. The molecule has 0 heterocycles. The van der Waals surface area contributed by atoms with Gasteiger partial charge in [0, 0.05) is 0 Å². The fourth-order valence-electron chi connectivity index (χ4n) is 0.911. The summed E-state index contributed by atoms with van der Waals surface area (Å²) in [6.45, 7) is 1.85. The molecule has 0 bridgehead atoms. The van der Waals surface area contributed by atoms with Gasteiger partial charge in [0.15, 0.2) is 0 Å². The van der Waals surface area contributed by atoms with E-state index in [4.69, 9.17) is 10.9 Å². The van der Waals surface area contributed by atoms with Gasteiger partial charge in [-0.1, -0.05) is 6.07 Å². The van der Waals surface area contributed by atoms with Crippen LogP contribution in [0.2, 0.25) is 0 Å². The van der Waals surface area contributed by atoms with Crippen LogP contribution < -0.4 is 11.3 Å². The van der Waals surface area contributed by atoms with E-state index in [2.05, 4.69) is 5.43 Å². The average Bonchev–Trinajstić information content (AvgIpc) is 2.05. The van der Waals surface area contributed by atoms with Crippen LogP contribution in [0.4, 0.5) is 5.69 Å². The van der Waals surface area contributed by atoms with Gasteiger partial charge in [0.2, 0.25) is 0 Å². The van der Waals surface area contributed by atoms with E-state index in [1.807, 2.05) is 6.92 Å². The number of hydrazine groups is 1. The fourth-order valence-corrected chi connectivity index (χ4v) is 0.911. The Kier molecular flexibility index (Phi) is 2.30. The van der Waals surface area contributed by atoms with Crippen molar-refractivity contribution in [3.8, 4) is 0 Å². The van der Waals surface area contributed by atoms with Crippen LogP contribution in [0.3, 0.4) is 0 Å². The summed E-state index contributed by atoms with van der Waals surface area (Å²) in [4.78, 5) is 10.5. The minimum absolute atomic E-state index is 0.230. The van der Waals surface area contributed by atoms with Crippen molar-refractivity contribution >= 4 is 11.7 Å². The van der Waals surface area contributed by atoms with Crippen LogP contribution in [-0.2, 0) is 0 Å². The van der Waals surface area contributed by atoms with E-state index in [1.54, 1.807) is 12.1 Å². The van der Waals surface area contributed by atoms with E-state index < -0.39 is 5.97 Å². The molecule has 0 aliphatic heterocycles. The van der Waals surface area contributed by atoms with Crippen molar-refractivity contribution in [3.05, 3.63) is 29.3 Å². The monoisotopic (exact) mass is 166 g/mol. The average molecular weight is 166 g/mol. The van der Waals surface area contributed by atoms with Crippen molar-refractivity contribution in [1.82, 2.24) is 0 Å². The summed E-state index contributed by atoms with van der Waals surface area (Å²) < 4.78 is 0. The Morgan fingerprint density at radius 3 is 2.75 bits per heavy atom. The van der Waals surface area contributed by atoms with E-state index in [9.17, 15) is 4.79 Å². The van der Waals surface area contributed by atoms with Crippen LogP contribution >= 0.6 is 0 Å². The molecule has 4 nitrogen and oxygen atoms in total. The molecule has 0 fully saturated rings. The Hall–Kier alpha value is -1.55. The zero-order chi connectivity index (χ0) is 9.14. The predicted molar refractivity (Wildman–Crippen MR) is 45.9 cm³/mol. The lowest BCUT2D eigenvalue weighted by atomic mass is 10.1. The van der Waals surface area contributed by atoms with Crippen molar-refractivity contribution in [3.63, 3.8) is 0 Å². The van der Waals surface area contributed by atoms with Crippen molar-refractivity contribution in [2.45, 2.75) is 6.92 Å². The molecule has 0 saturated carbocycles. The van der Waals surface area contributed by atoms with Gasteiger partial charge in [-0.15, -0.1) is 0 Å². The summed E-state index contributed by atoms with van der Waals surface area (Å²) in [5, 5.41) is 8.63. The molecule has 0 spiro atoms. The number of hydrogen-bond acceptors (Lipinski definition) is 3. The van der Waals surface area contributed by atoms with Gasteiger partial charge >= 0.3 is 5.97 Å². The number of carbonyl (C=O) groups is 1. The number of aromatic carboxylic acids is 1. The van der Waals surface area contributed by atoms with E-state index in [0.717, 1.165) is 5.56 Å². The highest BCUT2D eigenvalue weighted by Crippen LogP contribution is 2.15. The minimum atomic E-state index is -0.952. The van der Waals surface area contributed by atoms with Gasteiger partial charge in [0.25, 0.3) is 0 Å². The highest BCUT2D eigenvalue weighted by Gasteiger charge is 2.04. The van der Waals surface area contributed by atoms with Crippen LogP contribution in [0.1, 0.15) is 15.9 Å². The molecule has 0 atom stereocenters. The number of hydrogen-bond donors (Lipinski definition) is 3. The smallest absolute Gasteiger partial charge is 0.335 e. The SMILES string of the molecule is Cc1ccc(C(=O)O)cc1NN. The van der Waals surface area contributed by atoms with E-state index >= 15 is 0 Å². The Labute approximate surface area is 70.0 Å². The first kappa shape index (κ1) is 8.55. The predicted octanol–water partition coefficient (Wildman–Crippen LogP) is 0.979. The minimum Gasteiger partial charge on any atom is -0.478 e. The second kappa shape index (κ2) is 3.23. The fraction of sp³-hybridized carbons (Fsp3) is 0.125. The number of anilines is 1. The highest BCUT2D eigenvalue weighted by molar-refractivity contribution is 5.89. The quantitative estimate of drug-likeness (QED) is 0.452. The molecular formula is C8H10N2O2. The van der Waals surface area contributed by atoms with Gasteiger partial charge in [-0.25, -0.2) is 4.79 Å². The third-order valence-electron chi connectivity index (χ3n) is 1.64. The second-order valence-electron chi connectivity index (χ2n) is 2.48. The lowest BCUT2D eigenvalue weighted by Gasteiger charge is -2.04. The summed E-state index contributed by atoms with van der Waals surface area (Å²) in [6.07, 6.45) is 0. The van der Waals surface area contributed by atoms with Gasteiger partial charge in [-0.2, -0.15) is 0 Å². The molecule has 0 aromatic heterocycles. The summed E-state index contributed by atoms with van der Waals surface area (Å²) in [6, 6.07) is 4.74. The first-order chi connectivity index (χ1) is 5.65. The topological polar surface area (TPSA) is 75.3 Å². The molecule has 1 aromatic rings. The summed E-state index contributed by atoms with van der Waals surface area (Å²) in [7, 11) is 0. The summed E-state index contributed by atoms with van der Waals surface area (Å²) in [5.41, 5.74) is 4.21. The maximum atomic E-state index is 10.5. The number of rotatable bonds is 2. The standard InChI is InChI=1S/C8H10N2O2/c1-5-2-3-6(8(11)12)4-7(5)10-9/h2-4,10H,9H2,1H3,(H,11,12). The van der Waals surface area contributed by atoms with Crippen molar-refractivity contribution in [2.24, 2.45) is 5.84 Å². The van der Waals surface area contributed by atoms with E-state index in [-0.39, 0.29) is 5.56 Å². The van der Waals surface area contributed by atoms with E-state index in [1.165, 1.54) is 6.07 Å². The van der Waals surface area contributed by atoms with E-state index in [0.29, 0.717) is 5.69 Å². The molecule has 1 aromatic carbocycles. The number of carboxylic acids is 1. The van der Waals surface area contributed by atoms with Gasteiger partial charge in [-0.05, 0) is 24.6 Å². The van der Waals surface area contributed by atoms with Crippen LogP contribution in [0.5, 0.6) is 0 Å². The highest BCUT2D eigenvalue weighted by atomic mass is 16.4. The normalized spacial score (nSPS) is 9.50. The van der Waals surface area contributed by atoms with Crippen molar-refractivity contribution in [1.29, 1.82) is 0 Å². The lowest BCUT2D eigenvalue weighted by molar-refractivity contribution is 0.0697. The number of nitrogen functional groups attached to an aromatic ring is 1. The molecule has 0 radical (unpaired) electrons. The van der Waals surface area contributed by atoms with Crippen LogP contribution in [0.15, 0.2) is 18.2 Å². The lowest BCUT2D eigenvalue weighted by Crippen LogP contribution is -2.09. The maximum Gasteiger partial charge on any atom is 0.335 e. The second-order valence-corrected chi connectivity index (χ2v) is 2.48. The molecule has 1 rings (SSSR count). The number of nitrogens with one attached hydrogen (secondary N) is 1. The van der Waals surface area contributed by atoms with Gasteiger partial charge in [0.05, 0.1) is 11.3 Å². The maximum absolute atomic E-state index is 10.5. The van der Waals surface area contributed by atoms with Crippen molar-refractivity contribution < 1.29 is 9.90 Å². The molecule has 4 N–H and O–H groups in total. The molecule has 12 heavy (non-hydrogen) atoms. The number of nitrogens with two attached hydrogens (primary N) is 1. The number of carboxylic acid groups (broad SMARTS) is 1. The zero-order valence-corrected chi connectivity index (χ0v) is 6.66. The molecule has 0 amide bonds. The molecule has 4 heteroatoms. The number of aryl methyl sites for hydroxylation is 1. The van der Waals surface area contributed by atoms with Gasteiger partial charge in [0.1, 0.15) is 0 Å². The molecule has 0 aliphatic rings. The van der Waals surface area contributed by atoms with Gasteiger partial charge in [-0.3, -0.25) is 5.84 Å². The first-order valence-corrected chi connectivity index (χ1v) is 3.45. The summed E-state index contributed by atoms with van der Waals surface area (Å²) in [5.74, 6) is 4.22. The van der Waals surface area contributed by atoms with Crippen molar-refractivity contribution in [2.75, 3.05) is 5.43 Å². The van der Waals surface area contributed by atoms with Gasteiger partial charge < -0.3 is 10.5 Å². The number of benzene rings is 1. The molecule has 0 aliphatic carbocycles. The Balaban J connectivity index is 3.13. The Morgan fingerprint density at radius 2 is 2.25 bits per heavy atom.